The zero-order valence-corrected chi connectivity index (χ0v) is 11.1. The Hall–Kier alpha value is -0.610. The number of amides is 1. The third-order valence-corrected chi connectivity index (χ3v) is 3.77. The van der Waals surface area contributed by atoms with Gasteiger partial charge in [0.05, 0.1) is 12.6 Å². The van der Waals surface area contributed by atoms with Crippen LogP contribution >= 0.6 is 0 Å². The molecule has 2 fully saturated rings. The van der Waals surface area contributed by atoms with Crippen molar-refractivity contribution in [3.8, 4) is 0 Å². The lowest BCUT2D eigenvalue weighted by Gasteiger charge is -2.37. The van der Waals surface area contributed by atoms with Crippen LogP contribution in [0.25, 0.3) is 0 Å². The van der Waals surface area contributed by atoms with E-state index >= 15 is 0 Å². The minimum absolute atomic E-state index is 0.0238. The van der Waals surface area contributed by atoms with E-state index in [1.54, 1.807) is 0 Å². The second kappa shape index (κ2) is 4.58. The zero-order chi connectivity index (χ0) is 12.6. The molecular weight excluding hydrogens is 216 g/mol. The van der Waals surface area contributed by atoms with E-state index in [2.05, 4.69) is 26.1 Å². The molecule has 4 heteroatoms. The Balaban J connectivity index is 1.92. The summed E-state index contributed by atoms with van der Waals surface area (Å²) in [5.41, 5.74) is -0.0238. The van der Waals surface area contributed by atoms with Gasteiger partial charge < -0.3 is 15.3 Å². The number of hydrogen-bond donors (Lipinski definition) is 2. The number of rotatable bonds is 2. The van der Waals surface area contributed by atoms with Crippen LogP contribution in [0.2, 0.25) is 0 Å². The second-order valence-corrected chi connectivity index (χ2v) is 6.41. The first kappa shape index (κ1) is 12.8. The second-order valence-electron chi connectivity index (χ2n) is 6.41. The van der Waals surface area contributed by atoms with Crippen LogP contribution in [-0.2, 0) is 4.79 Å². The molecule has 2 aliphatic rings. The van der Waals surface area contributed by atoms with Crippen molar-refractivity contribution >= 4 is 5.91 Å². The quantitative estimate of drug-likeness (QED) is 0.753. The molecule has 98 valence electrons. The highest BCUT2D eigenvalue weighted by Crippen LogP contribution is 2.35. The molecule has 0 aromatic heterocycles. The van der Waals surface area contributed by atoms with Gasteiger partial charge in [-0.15, -0.1) is 0 Å². The maximum atomic E-state index is 12.2. The van der Waals surface area contributed by atoms with Crippen molar-refractivity contribution in [1.29, 1.82) is 0 Å². The minimum atomic E-state index is -0.202. The number of carbonyl (C=O) groups excluding carboxylic acids is 1. The van der Waals surface area contributed by atoms with Crippen LogP contribution in [0.4, 0.5) is 0 Å². The van der Waals surface area contributed by atoms with Gasteiger partial charge in [0.1, 0.15) is 0 Å². The predicted molar refractivity (Wildman–Crippen MR) is 66.7 cm³/mol. The first-order valence-corrected chi connectivity index (χ1v) is 6.61. The fourth-order valence-electron chi connectivity index (χ4n) is 2.99. The van der Waals surface area contributed by atoms with E-state index in [0.29, 0.717) is 6.54 Å². The molecular formula is C13H24N2O2. The van der Waals surface area contributed by atoms with Gasteiger partial charge in [0.2, 0.25) is 5.91 Å². The third-order valence-electron chi connectivity index (χ3n) is 3.77. The lowest BCUT2D eigenvalue weighted by molar-refractivity contribution is -0.136. The summed E-state index contributed by atoms with van der Waals surface area (Å²) in [6.07, 6.45) is 3.44. The fraction of sp³-hybridized carbons (Fsp3) is 0.923. The topological polar surface area (TPSA) is 52.6 Å². The molecule has 2 heterocycles. The van der Waals surface area contributed by atoms with Crippen LogP contribution < -0.4 is 5.32 Å². The molecule has 0 aliphatic carbocycles. The maximum absolute atomic E-state index is 12.2. The number of piperidine rings is 1. The normalized spacial score (nSPS) is 32.9. The Bertz CT molecular complexity index is 284. The number of hydrogen-bond acceptors (Lipinski definition) is 3. The average molecular weight is 240 g/mol. The van der Waals surface area contributed by atoms with E-state index < -0.39 is 0 Å². The molecule has 17 heavy (non-hydrogen) atoms. The maximum Gasteiger partial charge on any atom is 0.237 e. The van der Waals surface area contributed by atoms with Crippen molar-refractivity contribution in [2.75, 3.05) is 6.54 Å². The Labute approximate surface area is 103 Å². The van der Waals surface area contributed by atoms with E-state index in [9.17, 15) is 9.90 Å². The van der Waals surface area contributed by atoms with Crippen molar-refractivity contribution in [3.63, 3.8) is 0 Å². The van der Waals surface area contributed by atoms with Gasteiger partial charge in [-0.3, -0.25) is 4.79 Å². The summed E-state index contributed by atoms with van der Waals surface area (Å²) < 4.78 is 0. The van der Waals surface area contributed by atoms with Gasteiger partial charge in [0, 0.05) is 17.6 Å². The predicted octanol–water partition coefficient (Wildman–Crippen LogP) is 0.889. The molecule has 2 saturated heterocycles. The van der Waals surface area contributed by atoms with Gasteiger partial charge in [-0.2, -0.15) is 0 Å². The van der Waals surface area contributed by atoms with Gasteiger partial charge in [-0.05, 0) is 46.5 Å². The van der Waals surface area contributed by atoms with Crippen LogP contribution in [0.1, 0.15) is 46.5 Å². The van der Waals surface area contributed by atoms with E-state index in [1.807, 2.05) is 4.90 Å². The highest BCUT2D eigenvalue weighted by atomic mass is 16.3. The van der Waals surface area contributed by atoms with Crippen molar-refractivity contribution < 1.29 is 9.90 Å². The number of carbonyl (C=O) groups is 1. The molecule has 0 aromatic carbocycles. The summed E-state index contributed by atoms with van der Waals surface area (Å²) in [7, 11) is 0. The van der Waals surface area contributed by atoms with Gasteiger partial charge in [-0.1, -0.05) is 0 Å². The van der Waals surface area contributed by atoms with E-state index in [4.69, 9.17) is 0 Å². The first-order chi connectivity index (χ1) is 7.87. The first-order valence-electron chi connectivity index (χ1n) is 6.61. The molecule has 0 spiro atoms. The SMILES string of the molecule is CC(C)(C)NCC(=O)N1C2CCC1CC(O)C2. The van der Waals surface area contributed by atoms with Gasteiger partial charge in [0.15, 0.2) is 0 Å². The molecule has 0 saturated carbocycles. The lowest BCUT2D eigenvalue weighted by Crippen LogP contribution is -2.52. The molecule has 2 aliphatic heterocycles. The Morgan fingerprint density at radius 3 is 2.29 bits per heavy atom. The largest absolute Gasteiger partial charge is 0.393 e. The van der Waals surface area contributed by atoms with Crippen LogP contribution in [-0.4, -0.2) is 46.2 Å². The smallest absolute Gasteiger partial charge is 0.237 e. The van der Waals surface area contributed by atoms with Crippen molar-refractivity contribution in [2.24, 2.45) is 0 Å². The van der Waals surface area contributed by atoms with Crippen LogP contribution in [0, 0.1) is 0 Å². The van der Waals surface area contributed by atoms with E-state index in [0.717, 1.165) is 25.7 Å². The average Bonchev–Trinajstić information content (AvgIpc) is 2.47. The van der Waals surface area contributed by atoms with Crippen LogP contribution in [0.15, 0.2) is 0 Å². The summed E-state index contributed by atoms with van der Waals surface area (Å²) in [6, 6.07) is 0.552. The monoisotopic (exact) mass is 240 g/mol. The summed E-state index contributed by atoms with van der Waals surface area (Å²) in [5, 5.41) is 12.9. The molecule has 1 amide bonds. The number of nitrogens with one attached hydrogen (secondary N) is 1. The Morgan fingerprint density at radius 2 is 1.82 bits per heavy atom. The molecule has 2 bridgehead atoms. The Kier molecular flexibility index (Phi) is 3.46. The van der Waals surface area contributed by atoms with Crippen molar-refractivity contribution in [3.05, 3.63) is 0 Å². The van der Waals surface area contributed by atoms with Crippen LogP contribution in [0.3, 0.4) is 0 Å². The molecule has 2 rings (SSSR count). The molecule has 2 atom stereocenters. The number of aliphatic hydroxyl groups excluding tert-OH is 1. The van der Waals surface area contributed by atoms with Gasteiger partial charge in [0.25, 0.3) is 0 Å². The minimum Gasteiger partial charge on any atom is -0.393 e. The summed E-state index contributed by atoms with van der Waals surface area (Å²) in [6.45, 7) is 6.60. The summed E-state index contributed by atoms with van der Waals surface area (Å²) in [4.78, 5) is 14.2. The van der Waals surface area contributed by atoms with Crippen LogP contribution in [0.5, 0.6) is 0 Å². The van der Waals surface area contributed by atoms with Gasteiger partial charge >= 0.3 is 0 Å². The van der Waals surface area contributed by atoms with E-state index in [-0.39, 0.29) is 29.6 Å². The number of nitrogens with zero attached hydrogens (tertiary/aromatic N) is 1. The number of fused-ring (bicyclic) bond motifs is 2. The van der Waals surface area contributed by atoms with Crippen molar-refractivity contribution in [2.45, 2.75) is 70.2 Å². The molecule has 0 aromatic rings. The van der Waals surface area contributed by atoms with Crippen molar-refractivity contribution in [1.82, 2.24) is 10.2 Å². The van der Waals surface area contributed by atoms with E-state index in [1.165, 1.54) is 0 Å². The standard InChI is InChI=1S/C13H24N2O2/c1-13(2,3)14-8-12(17)15-9-4-5-10(15)7-11(16)6-9/h9-11,14,16H,4-8H2,1-3H3. The lowest BCUT2D eigenvalue weighted by atomic mass is 9.99. The Morgan fingerprint density at radius 1 is 1.29 bits per heavy atom. The molecule has 0 radical (unpaired) electrons. The fourth-order valence-corrected chi connectivity index (χ4v) is 2.99. The molecule has 4 nitrogen and oxygen atoms in total. The highest BCUT2D eigenvalue weighted by molar-refractivity contribution is 5.79. The molecule has 2 N–H and O–H groups in total. The number of aliphatic hydroxyl groups is 1. The summed E-state index contributed by atoms with van der Waals surface area (Å²) >= 11 is 0. The molecule has 2 unspecified atom stereocenters. The zero-order valence-electron chi connectivity index (χ0n) is 11.1. The summed E-state index contributed by atoms with van der Waals surface area (Å²) in [5.74, 6) is 0.194. The van der Waals surface area contributed by atoms with Gasteiger partial charge in [-0.25, -0.2) is 0 Å². The highest BCUT2D eigenvalue weighted by Gasteiger charge is 2.42. The third kappa shape index (κ3) is 2.99.